The molecular weight excluding hydrogens is 648 g/mol. The van der Waals surface area contributed by atoms with Gasteiger partial charge in [-0.05, 0) is 62.4 Å². The minimum Gasteiger partial charge on any atom is -0.453 e. The fourth-order valence-electron chi connectivity index (χ4n) is 5.14. The maximum Gasteiger partial charge on any atom is 0.407 e. The Morgan fingerprint density at radius 3 is 2.49 bits per heavy atom. The fourth-order valence-corrected chi connectivity index (χ4v) is 5.90. The van der Waals surface area contributed by atoms with E-state index in [0.29, 0.717) is 47.4 Å². The molecule has 0 aliphatic rings. The average molecular weight is 699 g/mol. The third kappa shape index (κ3) is 11.1. The molecule has 0 saturated heterocycles. The molecule has 3 aromatic heterocycles. The van der Waals surface area contributed by atoms with Crippen LogP contribution in [0.15, 0.2) is 41.3 Å². The Hall–Kier alpha value is -4.30. The molecule has 12 nitrogen and oxygen atoms in total. The van der Waals surface area contributed by atoms with Gasteiger partial charge in [0.15, 0.2) is 0 Å². The summed E-state index contributed by atoms with van der Waals surface area (Å²) in [6.45, 7) is 13.5. The van der Waals surface area contributed by atoms with Gasteiger partial charge in [0, 0.05) is 45.7 Å². The third-order valence-corrected chi connectivity index (χ3v) is 9.67. The molecule has 14 heteroatoms. The van der Waals surface area contributed by atoms with E-state index < -0.39 is 31.7 Å². The first-order valence-electron chi connectivity index (χ1n) is 16.5. The van der Waals surface area contributed by atoms with Gasteiger partial charge in [-0.2, -0.15) is 0 Å². The van der Waals surface area contributed by atoms with Gasteiger partial charge in [-0.1, -0.05) is 39.6 Å². The lowest BCUT2D eigenvalue weighted by Crippen LogP contribution is -2.44. The zero-order valence-corrected chi connectivity index (χ0v) is 31.2. The van der Waals surface area contributed by atoms with Crippen molar-refractivity contribution in [1.29, 1.82) is 0 Å². The van der Waals surface area contributed by atoms with E-state index in [-0.39, 0.29) is 43.0 Å². The molecule has 0 fully saturated rings. The van der Waals surface area contributed by atoms with Crippen molar-refractivity contribution in [1.82, 2.24) is 24.3 Å². The summed E-state index contributed by atoms with van der Waals surface area (Å²) in [5, 5.41) is 5.16. The number of likely N-dealkylation sites (N-methyl/N-ethyl adjacent to an activating group) is 1. The topological polar surface area (TPSA) is 137 Å². The summed E-state index contributed by atoms with van der Waals surface area (Å²) in [5.41, 5.74) is 2.70. The number of methoxy groups -OCH3 is 1. The first kappa shape index (κ1) is 39.1. The molecule has 268 valence electrons. The number of nitrogens with one attached hydrogen (secondary N) is 2. The molecule has 0 aliphatic carbocycles. The molecule has 0 saturated carbocycles. The molecule has 2 N–H and O–H groups in total. The highest BCUT2D eigenvalue weighted by molar-refractivity contribution is 6.76. The van der Waals surface area contributed by atoms with Crippen LogP contribution in [0, 0.1) is 18.7 Å². The Balaban J connectivity index is 1.96. The van der Waals surface area contributed by atoms with Crippen molar-refractivity contribution in [3.8, 4) is 0 Å². The molecule has 1 unspecified atom stereocenters. The molecule has 49 heavy (non-hydrogen) atoms. The molecule has 0 aliphatic heterocycles. The number of amides is 3. The van der Waals surface area contributed by atoms with Gasteiger partial charge in [0.2, 0.25) is 11.8 Å². The smallest absolute Gasteiger partial charge is 0.407 e. The van der Waals surface area contributed by atoms with Crippen molar-refractivity contribution in [2.24, 2.45) is 5.92 Å². The number of nitrogens with zero attached hydrogens (tertiary/aromatic N) is 4. The molecule has 0 spiro atoms. The second-order valence-corrected chi connectivity index (χ2v) is 19.6. The van der Waals surface area contributed by atoms with E-state index in [2.05, 4.69) is 35.3 Å². The summed E-state index contributed by atoms with van der Waals surface area (Å²) in [6.07, 6.45) is 4.39. The van der Waals surface area contributed by atoms with Crippen LogP contribution in [0.4, 0.5) is 14.9 Å². The summed E-state index contributed by atoms with van der Waals surface area (Å²) < 4.78 is 29.5. The fraction of sp³-hybridized carbons (Fsp3) is 0.514. The Kier molecular flexibility index (Phi) is 13.9. The molecule has 0 radical (unpaired) electrons. The second-order valence-electron chi connectivity index (χ2n) is 14.0. The van der Waals surface area contributed by atoms with Crippen molar-refractivity contribution in [2.45, 2.75) is 85.0 Å². The highest BCUT2D eigenvalue weighted by Gasteiger charge is 2.24. The Labute approximate surface area is 288 Å². The predicted octanol–water partition coefficient (Wildman–Crippen LogP) is 5.29. The number of alkyl carbamates (subject to hydrolysis) is 1. The van der Waals surface area contributed by atoms with E-state index in [1.54, 1.807) is 33.2 Å². The molecule has 1 atom stereocenters. The molecule has 3 heterocycles. The van der Waals surface area contributed by atoms with E-state index in [4.69, 9.17) is 9.47 Å². The van der Waals surface area contributed by atoms with E-state index in [1.165, 1.54) is 34.9 Å². The number of anilines is 1. The van der Waals surface area contributed by atoms with Crippen LogP contribution in [0.1, 0.15) is 43.6 Å². The van der Waals surface area contributed by atoms with Gasteiger partial charge < -0.3 is 34.1 Å². The number of carbonyl (C=O) groups excluding carboxylic acids is 3. The zero-order valence-electron chi connectivity index (χ0n) is 30.2. The molecule has 3 amide bonds. The number of hydrogen-bond acceptors (Lipinski definition) is 7. The number of rotatable bonds is 16. The highest BCUT2D eigenvalue weighted by atomic mass is 28.3. The number of aromatic nitrogens is 3. The first-order chi connectivity index (χ1) is 23.0. The number of carbonyl (C=O) groups is 3. The van der Waals surface area contributed by atoms with Crippen molar-refractivity contribution in [3.05, 3.63) is 69.7 Å². The minimum absolute atomic E-state index is 0.0179. The maximum absolute atomic E-state index is 15.2. The van der Waals surface area contributed by atoms with Crippen molar-refractivity contribution >= 4 is 42.7 Å². The van der Waals surface area contributed by atoms with Crippen molar-refractivity contribution in [2.75, 3.05) is 33.1 Å². The number of pyridine rings is 2. The average Bonchev–Trinajstić information content (AvgIpc) is 3.37. The number of hydrogen-bond donors (Lipinski definition) is 2. The largest absolute Gasteiger partial charge is 0.453 e. The number of allylic oxidation sites excluding steroid dienone is 1. The second kappa shape index (κ2) is 17.4. The molecule has 0 bridgehead atoms. The number of ether oxygens (including phenoxy) is 2. The van der Waals surface area contributed by atoms with Crippen LogP contribution >= 0.6 is 0 Å². The van der Waals surface area contributed by atoms with Gasteiger partial charge in [0.1, 0.15) is 24.3 Å². The lowest BCUT2D eigenvalue weighted by atomic mass is 10.0. The lowest BCUT2D eigenvalue weighted by molar-refractivity contribution is -0.123. The zero-order chi connectivity index (χ0) is 36.5. The predicted molar refractivity (Wildman–Crippen MR) is 192 cm³/mol. The van der Waals surface area contributed by atoms with Crippen LogP contribution < -0.4 is 16.2 Å². The summed E-state index contributed by atoms with van der Waals surface area (Å²) >= 11 is 0. The minimum atomic E-state index is -1.36. The van der Waals surface area contributed by atoms with Crippen LogP contribution in [0.3, 0.4) is 0 Å². The van der Waals surface area contributed by atoms with Crippen LogP contribution in [-0.4, -0.2) is 78.9 Å². The van der Waals surface area contributed by atoms with E-state index in [9.17, 15) is 19.2 Å². The normalized spacial score (nSPS) is 12.5. The number of aryl methyl sites for hydroxylation is 1. The van der Waals surface area contributed by atoms with Gasteiger partial charge >= 0.3 is 6.09 Å². The summed E-state index contributed by atoms with van der Waals surface area (Å²) in [5.74, 6) is -1.02. The molecule has 3 rings (SSSR count). The maximum atomic E-state index is 15.2. The Bertz CT molecular complexity index is 1730. The third-order valence-electron chi connectivity index (χ3n) is 7.97. The van der Waals surface area contributed by atoms with E-state index in [1.807, 2.05) is 24.5 Å². The summed E-state index contributed by atoms with van der Waals surface area (Å²) in [4.78, 5) is 56.9. The first-order valence-corrected chi connectivity index (χ1v) is 20.2. The Morgan fingerprint density at radius 1 is 1.14 bits per heavy atom. The van der Waals surface area contributed by atoms with Crippen molar-refractivity contribution < 1.29 is 28.2 Å². The van der Waals surface area contributed by atoms with Crippen LogP contribution in [0.25, 0.3) is 11.0 Å². The monoisotopic (exact) mass is 698 g/mol. The summed E-state index contributed by atoms with van der Waals surface area (Å²) in [7, 11) is 3.08. The number of fused-ring (bicyclic) bond motifs is 1. The van der Waals surface area contributed by atoms with Crippen LogP contribution in [0.2, 0.25) is 25.7 Å². The van der Waals surface area contributed by atoms with Gasteiger partial charge in [0.05, 0.1) is 30.9 Å². The molecular formula is C35H51FN6O6Si. The standard InChI is InChI=1S/C35H51FN6O6Si/c1-23(2)18-26-27(36)20-37-30-19-25(42(32(26)30)22-48-16-17-49(7,8)9)21-41-24(3)14-15-29(34(41)45)38-33(44)28(39-35(46)47-6)12-10-11-13-31(43)40(4)5/h11,13-15,19-20,23,28H,10,12,16-18,21-22H2,1-9H3,(H,38,44)(H,39,46)/b13-11+. The van der Waals surface area contributed by atoms with Gasteiger partial charge in [-0.25, -0.2) is 9.18 Å². The number of halogens is 1. The lowest BCUT2D eigenvalue weighted by Gasteiger charge is -2.19. The van der Waals surface area contributed by atoms with E-state index >= 15 is 4.39 Å². The SMILES string of the molecule is COC(=O)NC(CC/C=C/C(=O)N(C)C)C(=O)Nc1ccc(C)n(Cc2cc3ncc(F)c(CC(C)C)c3n2COCC[Si](C)(C)C)c1=O. The quantitative estimate of drug-likeness (QED) is 0.118. The van der Waals surface area contributed by atoms with Gasteiger partial charge in [-0.15, -0.1) is 0 Å². The van der Waals surface area contributed by atoms with Crippen LogP contribution in [-0.2, 0) is 38.8 Å². The molecule has 3 aromatic rings. The molecule has 0 aromatic carbocycles. The van der Waals surface area contributed by atoms with Gasteiger partial charge in [-0.3, -0.25) is 19.4 Å². The van der Waals surface area contributed by atoms with E-state index in [0.717, 1.165) is 6.04 Å². The van der Waals surface area contributed by atoms with Crippen LogP contribution in [0.5, 0.6) is 0 Å². The Morgan fingerprint density at radius 2 is 1.86 bits per heavy atom. The highest BCUT2D eigenvalue weighted by Crippen LogP contribution is 2.27. The summed E-state index contributed by atoms with van der Waals surface area (Å²) in [6, 6.07) is 5.00. The van der Waals surface area contributed by atoms with Crippen molar-refractivity contribution in [3.63, 3.8) is 0 Å². The van der Waals surface area contributed by atoms with Gasteiger partial charge in [0.25, 0.3) is 5.56 Å².